The highest BCUT2D eigenvalue weighted by atomic mass is 79.9. The van der Waals surface area contributed by atoms with E-state index in [1.807, 2.05) is 6.07 Å². The molecule has 0 atom stereocenters. The van der Waals surface area contributed by atoms with Gasteiger partial charge in [0, 0.05) is 25.5 Å². The van der Waals surface area contributed by atoms with Crippen molar-refractivity contribution in [2.45, 2.75) is 24.3 Å². The minimum absolute atomic E-state index is 0.409. The van der Waals surface area contributed by atoms with Gasteiger partial charge in [0.05, 0.1) is 16.8 Å². The molecule has 94 valence electrons. The van der Waals surface area contributed by atoms with Gasteiger partial charge in [0.1, 0.15) is 0 Å². The van der Waals surface area contributed by atoms with Gasteiger partial charge in [-0.2, -0.15) is 0 Å². The van der Waals surface area contributed by atoms with E-state index < -0.39 is 0 Å². The summed E-state index contributed by atoms with van der Waals surface area (Å²) in [5.41, 5.74) is 2.36. The molecule has 1 fully saturated rings. The maximum Gasteiger partial charge on any atom is 0.0642 e. The zero-order chi connectivity index (χ0) is 12.3. The number of piperidine rings is 1. The van der Waals surface area contributed by atoms with Crippen LogP contribution >= 0.6 is 27.5 Å². The average Bonchev–Trinajstić information content (AvgIpc) is 2.39. The zero-order valence-corrected chi connectivity index (χ0v) is 12.3. The Labute approximate surface area is 116 Å². The summed E-state index contributed by atoms with van der Waals surface area (Å²) in [5, 5.41) is 1.69. The summed E-state index contributed by atoms with van der Waals surface area (Å²) in [6.07, 6.45) is 2.56. The minimum atomic E-state index is 0.409. The first-order valence-electron chi connectivity index (χ1n) is 5.86. The molecule has 0 unspecified atom stereocenters. The summed E-state index contributed by atoms with van der Waals surface area (Å²) < 4.78 is 5.38. The average molecular weight is 319 g/mol. The Hall–Kier alpha value is -0.250. The number of alkyl halides is 1. The van der Waals surface area contributed by atoms with Crippen molar-refractivity contribution in [3.63, 3.8) is 0 Å². The van der Waals surface area contributed by atoms with Gasteiger partial charge in [-0.1, -0.05) is 33.6 Å². The summed E-state index contributed by atoms with van der Waals surface area (Å²) in [5.74, 6) is 0. The van der Waals surface area contributed by atoms with E-state index >= 15 is 0 Å². The van der Waals surface area contributed by atoms with Crippen LogP contribution in [0.25, 0.3) is 0 Å². The summed E-state index contributed by atoms with van der Waals surface area (Å²) in [6.45, 7) is 2.04. The molecule has 1 saturated heterocycles. The molecule has 1 heterocycles. The van der Waals surface area contributed by atoms with Crippen molar-refractivity contribution < 1.29 is 4.74 Å². The van der Waals surface area contributed by atoms with E-state index in [1.54, 1.807) is 7.11 Å². The molecule has 1 aromatic rings. The Kier molecular flexibility index (Phi) is 4.71. The highest BCUT2D eigenvalue weighted by Crippen LogP contribution is 2.30. The van der Waals surface area contributed by atoms with Crippen LogP contribution in [-0.2, 0) is 10.1 Å². The predicted octanol–water partition coefficient (Wildman–Crippen LogP) is 3.85. The highest BCUT2D eigenvalue weighted by Gasteiger charge is 2.20. The van der Waals surface area contributed by atoms with Crippen molar-refractivity contribution in [1.29, 1.82) is 0 Å². The summed E-state index contributed by atoms with van der Waals surface area (Å²) in [4.78, 5) is 2.34. The first-order chi connectivity index (χ1) is 8.24. The molecule has 0 aliphatic carbocycles. The fourth-order valence-electron chi connectivity index (χ4n) is 2.22. The normalized spacial score (nSPS) is 17.5. The van der Waals surface area contributed by atoms with Gasteiger partial charge >= 0.3 is 0 Å². The van der Waals surface area contributed by atoms with Gasteiger partial charge in [-0.3, -0.25) is 0 Å². The molecule has 2 nitrogen and oxygen atoms in total. The molecule has 0 N–H and O–H groups in total. The van der Waals surface area contributed by atoms with Crippen LogP contribution in [0.3, 0.4) is 0 Å². The lowest BCUT2D eigenvalue weighted by Gasteiger charge is -2.33. The minimum Gasteiger partial charge on any atom is -0.381 e. The number of ether oxygens (including phenoxy) is 1. The third-order valence-electron chi connectivity index (χ3n) is 3.28. The highest BCUT2D eigenvalue weighted by molar-refractivity contribution is 9.08. The second kappa shape index (κ2) is 6.07. The first kappa shape index (κ1) is 13.2. The number of rotatable bonds is 3. The van der Waals surface area contributed by atoms with Gasteiger partial charge in [0.15, 0.2) is 0 Å². The fourth-order valence-corrected chi connectivity index (χ4v) is 2.89. The molecule has 0 radical (unpaired) electrons. The van der Waals surface area contributed by atoms with E-state index in [1.165, 1.54) is 5.56 Å². The largest absolute Gasteiger partial charge is 0.381 e. The van der Waals surface area contributed by atoms with Crippen LogP contribution < -0.4 is 4.90 Å². The van der Waals surface area contributed by atoms with Crippen molar-refractivity contribution in [3.8, 4) is 0 Å². The molecule has 0 saturated carbocycles. The standard InChI is InChI=1S/C13H17BrClNO/c1-17-11-4-6-16(7-5-11)13-3-2-10(9-14)8-12(13)15/h2-3,8,11H,4-7,9H2,1H3. The number of hydrogen-bond donors (Lipinski definition) is 0. The summed E-state index contributed by atoms with van der Waals surface area (Å²) in [7, 11) is 1.79. The van der Waals surface area contributed by atoms with Gasteiger partial charge in [-0.05, 0) is 30.5 Å². The second-order valence-electron chi connectivity index (χ2n) is 4.34. The van der Waals surface area contributed by atoms with Crippen LogP contribution in [0.2, 0.25) is 5.02 Å². The van der Waals surface area contributed by atoms with E-state index in [0.29, 0.717) is 6.10 Å². The third kappa shape index (κ3) is 3.15. The van der Waals surface area contributed by atoms with Gasteiger partial charge in [0.2, 0.25) is 0 Å². The Morgan fingerprint density at radius 2 is 2.12 bits per heavy atom. The Balaban J connectivity index is 2.08. The lowest BCUT2D eigenvalue weighted by molar-refractivity contribution is 0.0819. The fraction of sp³-hybridized carbons (Fsp3) is 0.538. The van der Waals surface area contributed by atoms with E-state index in [0.717, 1.165) is 42.0 Å². The monoisotopic (exact) mass is 317 g/mol. The Bertz CT molecular complexity index is 378. The number of hydrogen-bond acceptors (Lipinski definition) is 2. The van der Waals surface area contributed by atoms with Crippen LogP contribution in [0.15, 0.2) is 18.2 Å². The van der Waals surface area contributed by atoms with E-state index in [-0.39, 0.29) is 0 Å². The number of benzene rings is 1. The van der Waals surface area contributed by atoms with Gasteiger partial charge in [-0.15, -0.1) is 0 Å². The smallest absolute Gasteiger partial charge is 0.0642 e. The van der Waals surface area contributed by atoms with E-state index in [2.05, 4.69) is 33.0 Å². The Morgan fingerprint density at radius 3 is 2.65 bits per heavy atom. The number of methoxy groups -OCH3 is 1. The van der Waals surface area contributed by atoms with E-state index in [4.69, 9.17) is 16.3 Å². The molecule has 0 spiro atoms. The molecular formula is C13H17BrClNO. The lowest BCUT2D eigenvalue weighted by atomic mass is 10.1. The molecule has 0 bridgehead atoms. The number of anilines is 1. The van der Waals surface area contributed by atoms with Gasteiger partial charge in [-0.25, -0.2) is 0 Å². The summed E-state index contributed by atoms with van der Waals surface area (Å²) >= 11 is 9.76. The van der Waals surface area contributed by atoms with Crippen molar-refractivity contribution >= 4 is 33.2 Å². The predicted molar refractivity (Wildman–Crippen MR) is 76.3 cm³/mol. The Morgan fingerprint density at radius 1 is 1.41 bits per heavy atom. The lowest BCUT2D eigenvalue weighted by Crippen LogP contribution is -2.36. The quantitative estimate of drug-likeness (QED) is 0.785. The zero-order valence-electron chi connectivity index (χ0n) is 9.96. The third-order valence-corrected chi connectivity index (χ3v) is 4.23. The molecule has 1 aliphatic heterocycles. The number of nitrogens with zero attached hydrogens (tertiary/aromatic N) is 1. The molecule has 4 heteroatoms. The van der Waals surface area contributed by atoms with Crippen molar-refractivity contribution in [2.24, 2.45) is 0 Å². The molecule has 1 aromatic carbocycles. The van der Waals surface area contributed by atoms with Crippen molar-refractivity contribution in [2.75, 3.05) is 25.1 Å². The molecule has 17 heavy (non-hydrogen) atoms. The first-order valence-corrected chi connectivity index (χ1v) is 7.36. The van der Waals surface area contributed by atoms with Crippen molar-refractivity contribution in [1.82, 2.24) is 0 Å². The van der Waals surface area contributed by atoms with E-state index in [9.17, 15) is 0 Å². The topological polar surface area (TPSA) is 12.5 Å². The molecular weight excluding hydrogens is 302 g/mol. The van der Waals surface area contributed by atoms with Crippen LogP contribution in [0.4, 0.5) is 5.69 Å². The maximum absolute atomic E-state index is 6.32. The van der Waals surface area contributed by atoms with Crippen molar-refractivity contribution in [3.05, 3.63) is 28.8 Å². The maximum atomic E-state index is 6.32. The number of halogens is 2. The summed E-state index contributed by atoms with van der Waals surface area (Å²) in [6, 6.07) is 6.28. The van der Waals surface area contributed by atoms with Crippen LogP contribution in [-0.4, -0.2) is 26.3 Å². The van der Waals surface area contributed by atoms with Gasteiger partial charge in [0.25, 0.3) is 0 Å². The molecule has 0 amide bonds. The second-order valence-corrected chi connectivity index (χ2v) is 5.31. The SMILES string of the molecule is COC1CCN(c2ccc(CBr)cc2Cl)CC1. The molecule has 1 aliphatic rings. The molecule has 0 aromatic heterocycles. The van der Waals surface area contributed by atoms with Gasteiger partial charge < -0.3 is 9.64 Å². The van der Waals surface area contributed by atoms with Crippen LogP contribution in [0.1, 0.15) is 18.4 Å². The van der Waals surface area contributed by atoms with Crippen LogP contribution in [0, 0.1) is 0 Å². The van der Waals surface area contributed by atoms with Crippen LogP contribution in [0.5, 0.6) is 0 Å². The molecule has 2 rings (SSSR count).